The highest BCUT2D eigenvalue weighted by Crippen LogP contribution is 2.21. The number of aliphatic imine (C=N–C) groups is 1. The van der Waals surface area contributed by atoms with Crippen LogP contribution in [0.3, 0.4) is 0 Å². The lowest BCUT2D eigenvalue weighted by atomic mass is 10.2. The van der Waals surface area contributed by atoms with Crippen molar-refractivity contribution in [2.24, 2.45) is 4.99 Å². The Kier molecular flexibility index (Phi) is 2.80. The second kappa shape index (κ2) is 3.85. The summed E-state index contributed by atoms with van der Waals surface area (Å²) in [4.78, 5) is 3.91. The Morgan fingerprint density at radius 3 is 2.83 bits per heavy atom. The van der Waals surface area contributed by atoms with Crippen molar-refractivity contribution >= 4 is 12.0 Å². The van der Waals surface area contributed by atoms with Crippen molar-refractivity contribution in [3.05, 3.63) is 29.6 Å². The van der Waals surface area contributed by atoms with Crippen molar-refractivity contribution in [1.82, 2.24) is 5.32 Å². The summed E-state index contributed by atoms with van der Waals surface area (Å²) in [5, 5.41) is 2.71. The fourth-order valence-electron chi connectivity index (χ4n) is 0.916. The maximum absolute atomic E-state index is 13.0. The predicted octanol–water partition coefficient (Wildman–Crippen LogP) is 2.01. The first-order valence-electron chi connectivity index (χ1n) is 3.70. The van der Waals surface area contributed by atoms with Gasteiger partial charge >= 0.3 is 0 Å². The third kappa shape index (κ3) is 1.81. The highest BCUT2D eigenvalue weighted by Gasteiger charge is 2.00. The summed E-state index contributed by atoms with van der Waals surface area (Å²) in [5.41, 5.74) is 1.23. The summed E-state index contributed by atoms with van der Waals surface area (Å²) in [6.07, 6.45) is 1.46. The monoisotopic (exact) mass is 166 g/mol. The summed E-state index contributed by atoms with van der Waals surface area (Å²) in [6.45, 7) is 1.82. The summed E-state index contributed by atoms with van der Waals surface area (Å²) < 4.78 is 13.0. The molecule has 1 rings (SSSR count). The average Bonchev–Trinajstić information content (AvgIpc) is 2.04. The van der Waals surface area contributed by atoms with E-state index in [1.165, 1.54) is 12.4 Å². The first kappa shape index (κ1) is 8.71. The quantitative estimate of drug-likeness (QED) is 0.527. The molecular formula is C9H11FN2. The molecule has 0 aliphatic carbocycles. The molecule has 0 bridgehead atoms. The Bertz CT molecular complexity index is 274. The zero-order valence-corrected chi connectivity index (χ0v) is 7.13. The van der Waals surface area contributed by atoms with E-state index in [1.54, 1.807) is 13.1 Å². The Morgan fingerprint density at radius 1 is 1.50 bits per heavy atom. The van der Waals surface area contributed by atoms with Gasteiger partial charge in [-0.2, -0.15) is 0 Å². The van der Waals surface area contributed by atoms with Crippen LogP contribution >= 0.6 is 0 Å². The first-order chi connectivity index (χ1) is 5.75. The zero-order chi connectivity index (χ0) is 8.97. The van der Waals surface area contributed by atoms with Crippen LogP contribution in [0.1, 0.15) is 5.56 Å². The van der Waals surface area contributed by atoms with E-state index in [0.717, 1.165) is 5.56 Å². The molecule has 0 saturated carbocycles. The molecule has 3 heteroatoms. The lowest BCUT2D eigenvalue weighted by Gasteiger charge is -1.99. The fraction of sp³-hybridized carbons (Fsp3) is 0.222. The van der Waals surface area contributed by atoms with Crippen molar-refractivity contribution in [2.45, 2.75) is 6.92 Å². The van der Waals surface area contributed by atoms with E-state index in [-0.39, 0.29) is 5.82 Å². The van der Waals surface area contributed by atoms with Crippen molar-refractivity contribution in [2.75, 3.05) is 7.05 Å². The number of benzene rings is 1. The SMILES string of the molecule is CNC=Nc1c(C)cccc1F. The second-order valence-electron chi connectivity index (χ2n) is 2.45. The standard InChI is InChI=1S/C9H11FN2/c1-7-4-3-5-8(10)9(7)12-6-11-2/h3-6H,1-2H3,(H,11,12). The second-order valence-corrected chi connectivity index (χ2v) is 2.45. The van der Waals surface area contributed by atoms with Gasteiger partial charge in [-0.25, -0.2) is 9.38 Å². The summed E-state index contributed by atoms with van der Waals surface area (Å²) in [7, 11) is 1.72. The Labute approximate surface area is 71.1 Å². The highest BCUT2D eigenvalue weighted by molar-refractivity contribution is 5.62. The van der Waals surface area contributed by atoms with E-state index < -0.39 is 0 Å². The topological polar surface area (TPSA) is 24.4 Å². The van der Waals surface area contributed by atoms with E-state index in [9.17, 15) is 4.39 Å². The predicted molar refractivity (Wildman–Crippen MR) is 48.3 cm³/mol. The highest BCUT2D eigenvalue weighted by atomic mass is 19.1. The summed E-state index contributed by atoms with van der Waals surface area (Å²) in [6, 6.07) is 4.89. The van der Waals surface area contributed by atoms with Gasteiger partial charge in [0.15, 0.2) is 0 Å². The van der Waals surface area contributed by atoms with Crippen molar-refractivity contribution in [3.8, 4) is 0 Å². The molecule has 0 saturated heterocycles. The molecule has 0 radical (unpaired) electrons. The molecule has 1 aromatic carbocycles. The number of rotatable bonds is 2. The molecule has 0 aromatic heterocycles. The van der Waals surface area contributed by atoms with E-state index in [1.807, 2.05) is 13.0 Å². The molecule has 0 atom stereocenters. The van der Waals surface area contributed by atoms with E-state index >= 15 is 0 Å². The van der Waals surface area contributed by atoms with Crippen LogP contribution in [0.25, 0.3) is 0 Å². The van der Waals surface area contributed by atoms with E-state index in [2.05, 4.69) is 10.3 Å². The number of hydrogen-bond donors (Lipinski definition) is 1. The molecule has 0 aliphatic heterocycles. The summed E-state index contributed by atoms with van der Waals surface area (Å²) >= 11 is 0. The van der Waals surface area contributed by atoms with Crippen molar-refractivity contribution in [3.63, 3.8) is 0 Å². The van der Waals surface area contributed by atoms with Gasteiger partial charge in [0.05, 0.1) is 6.34 Å². The number of hydrogen-bond acceptors (Lipinski definition) is 1. The minimum Gasteiger partial charge on any atom is -0.379 e. The van der Waals surface area contributed by atoms with Crippen molar-refractivity contribution in [1.29, 1.82) is 0 Å². The molecule has 12 heavy (non-hydrogen) atoms. The van der Waals surface area contributed by atoms with Crippen LogP contribution in [0.5, 0.6) is 0 Å². The van der Waals surface area contributed by atoms with Gasteiger partial charge in [0, 0.05) is 7.05 Å². The number of para-hydroxylation sites is 1. The Balaban J connectivity index is 3.04. The summed E-state index contributed by atoms with van der Waals surface area (Å²) in [5.74, 6) is -0.290. The molecule has 1 aromatic rings. The van der Waals surface area contributed by atoms with Crippen LogP contribution in [0.15, 0.2) is 23.2 Å². The molecule has 0 heterocycles. The fourth-order valence-corrected chi connectivity index (χ4v) is 0.916. The average molecular weight is 166 g/mol. The van der Waals surface area contributed by atoms with Crippen LogP contribution in [0, 0.1) is 12.7 Å². The van der Waals surface area contributed by atoms with Crippen LogP contribution in [-0.2, 0) is 0 Å². The Hall–Kier alpha value is -1.38. The normalized spacial score (nSPS) is 10.6. The van der Waals surface area contributed by atoms with E-state index in [0.29, 0.717) is 5.69 Å². The third-order valence-electron chi connectivity index (χ3n) is 1.51. The molecular weight excluding hydrogens is 155 g/mol. The van der Waals surface area contributed by atoms with Crippen LogP contribution in [-0.4, -0.2) is 13.4 Å². The molecule has 2 nitrogen and oxygen atoms in total. The number of nitrogens with zero attached hydrogens (tertiary/aromatic N) is 1. The van der Waals surface area contributed by atoms with Crippen LogP contribution in [0.4, 0.5) is 10.1 Å². The molecule has 0 aliphatic rings. The van der Waals surface area contributed by atoms with Crippen LogP contribution in [0.2, 0.25) is 0 Å². The molecule has 0 spiro atoms. The minimum absolute atomic E-state index is 0.290. The van der Waals surface area contributed by atoms with Gasteiger partial charge in [0.1, 0.15) is 11.5 Å². The van der Waals surface area contributed by atoms with Gasteiger partial charge in [0.2, 0.25) is 0 Å². The Morgan fingerprint density at radius 2 is 2.25 bits per heavy atom. The minimum atomic E-state index is -0.290. The lowest BCUT2D eigenvalue weighted by Crippen LogP contribution is -2.00. The maximum Gasteiger partial charge on any atom is 0.149 e. The van der Waals surface area contributed by atoms with Crippen molar-refractivity contribution < 1.29 is 4.39 Å². The number of aryl methyl sites for hydroxylation is 1. The molecule has 0 amide bonds. The molecule has 64 valence electrons. The maximum atomic E-state index is 13.0. The third-order valence-corrected chi connectivity index (χ3v) is 1.51. The van der Waals surface area contributed by atoms with Gasteiger partial charge < -0.3 is 5.32 Å². The van der Waals surface area contributed by atoms with Gasteiger partial charge in [-0.3, -0.25) is 0 Å². The first-order valence-corrected chi connectivity index (χ1v) is 3.70. The van der Waals surface area contributed by atoms with Crippen LogP contribution < -0.4 is 5.32 Å². The molecule has 1 N–H and O–H groups in total. The van der Waals surface area contributed by atoms with E-state index in [4.69, 9.17) is 0 Å². The lowest BCUT2D eigenvalue weighted by molar-refractivity contribution is 0.629. The smallest absolute Gasteiger partial charge is 0.149 e. The number of nitrogens with one attached hydrogen (secondary N) is 1. The van der Waals surface area contributed by atoms with Gasteiger partial charge in [-0.15, -0.1) is 0 Å². The van der Waals surface area contributed by atoms with Gasteiger partial charge in [0.25, 0.3) is 0 Å². The molecule has 0 unspecified atom stereocenters. The largest absolute Gasteiger partial charge is 0.379 e. The zero-order valence-electron chi connectivity index (χ0n) is 7.13. The van der Waals surface area contributed by atoms with Gasteiger partial charge in [-0.1, -0.05) is 12.1 Å². The molecule has 0 fully saturated rings. The van der Waals surface area contributed by atoms with Gasteiger partial charge in [-0.05, 0) is 18.6 Å². The number of halogens is 1.